The minimum atomic E-state index is -0.772. The lowest BCUT2D eigenvalue weighted by molar-refractivity contribution is -0.167. The van der Waals surface area contributed by atoms with Gasteiger partial charge in [0, 0.05) is 19.3 Å². The van der Waals surface area contributed by atoms with Gasteiger partial charge in [0.25, 0.3) is 0 Å². The van der Waals surface area contributed by atoms with E-state index < -0.39 is 6.10 Å². The van der Waals surface area contributed by atoms with Crippen molar-refractivity contribution in [1.29, 1.82) is 0 Å². The van der Waals surface area contributed by atoms with Gasteiger partial charge in [0.15, 0.2) is 6.10 Å². The van der Waals surface area contributed by atoms with Crippen molar-refractivity contribution in [3.05, 3.63) is 36.5 Å². The van der Waals surface area contributed by atoms with Crippen molar-refractivity contribution in [3.8, 4) is 0 Å². The summed E-state index contributed by atoms with van der Waals surface area (Å²) in [5, 5.41) is 0. The lowest BCUT2D eigenvalue weighted by Gasteiger charge is -2.18. The molecule has 0 aliphatic heterocycles. The molecule has 0 aromatic heterocycles. The maximum atomic E-state index is 12.8. The van der Waals surface area contributed by atoms with E-state index in [1.807, 2.05) is 0 Å². The van der Waals surface area contributed by atoms with Crippen LogP contribution in [0.5, 0.6) is 0 Å². The highest BCUT2D eigenvalue weighted by molar-refractivity contribution is 5.71. The first-order chi connectivity index (χ1) is 36.5. The number of carbonyl (C=O) groups excluding carboxylic acids is 3. The standard InChI is InChI=1S/C68H126O6/c1-4-7-10-13-15-17-19-21-23-25-26-27-28-29-30-31-32-33-34-35-36-37-38-39-40-41-43-44-46-48-50-52-55-58-61-67(70)73-64-65(63-72-66(69)60-57-54-12-9-6-3)74-68(71)62-59-56-53-51-49-47-45-42-24-22-20-18-16-14-11-8-5-2/h8,11,16,18,22,24,65H,4-7,9-10,12-15,17,19-21,23,25-64H2,1-3H3/b11-8-,18-16-,24-22-. The second-order valence-electron chi connectivity index (χ2n) is 22.4. The second-order valence-corrected chi connectivity index (χ2v) is 22.4. The van der Waals surface area contributed by atoms with Gasteiger partial charge in [-0.1, -0.05) is 327 Å². The van der Waals surface area contributed by atoms with E-state index in [0.717, 1.165) is 89.9 Å². The van der Waals surface area contributed by atoms with Crippen LogP contribution >= 0.6 is 0 Å². The van der Waals surface area contributed by atoms with Crippen LogP contribution < -0.4 is 0 Å². The van der Waals surface area contributed by atoms with Crippen LogP contribution in [-0.2, 0) is 28.6 Å². The van der Waals surface area contributed by atoms with Gasteiger partial charge in [0.05, 0.1) is 0 Å². The van der Waals surface area contributed by atoms with Crippen molar-refractivity contribution in [3.63, 3.8) is 0 Å². The summed E-state index contributed by atoms with van der Waals surface area (Å²) in [6, 6.07) is 0. The molecule has 1 atom stereocenters. The Morgan fingerprint density at radius 3 is 0.824 bits per heavy atom. The molecule has 0 aliphatic carbocycles. The van der Waals surface area contributed by atoms with E-state index >= 15 is 0 Å². The molecule has 6 nitrogen and oxygen atoms in total. The van der Waals surface area contributed by atoms with E-state index in [0.29, 0.717) is 19.3 Å². The van der Waals surface area contributed by atoms with Crippen molar-refractivity contribution < 1.29 is 28.6 Å². The lowest BCUT2D eigenvalue weighted by Crippen LogP contribution is -2.30. The maximum absolute atomic E-state index is 12.8. The van der Waals surface area contributed by atoms with E-state index in [9.17, 15) is 14.4 Å². The summed E-state index contributed by atoms with van der Waals surface area (Å²) < 4.78 is 16.8. The molecule has 0 aromatic rings. The van der Waals surface area contributed by atoms with E-state index in [-0.39, 0.29) is 31.1 Å². The molecule has 0 radical (unpaired) electrons. The van der Waals surface area contributed by atoms with Crippen LogP contribution in [0.25, 0.3) is 0 Å². The van der Waals surface area contributed by atoms with E-state index in [1.165, 1.54) is 231 Å². The summed E-state index contributed by atoms with van der Waals surface area (Å²) in [5.74, 6) is -0.879. The van der Waals surface area contributed by atoms with Gasteiger partial charge in [0.2, 0.25) is 0 Å². The van der Waals surface area contributed by atoms with Crippen LogP contribution in [0.4, 0.5) is 0 Å². The fourth-order valence-corrected chi connectivity index (χ4v) is 9.99. The fourth-order valence-electron chi connectivity index (χ4n) is 9.99. The summed E-state index contributed by atoms with van der Waals surface area (Å²) in [7, 11) is 0. The average Bonchev–Trinajstić information content (AvgIpc) is 3.40. The third kappa shape index (κ3) is 60.5. The number of esters is 3. The van der Waals surface area contributed by atoms with E-state index in [4.69, 9.17) is 14.2 Å². The monoisotopic (exact) mass is 1040 g/mol. The van der Waals surface area contributed by atoms with Crippen molar-refractivity contribution in [2.24, 2.45) is 0 Å². The van der Waals surface area contributed by atoms with Crippen LogP contribution in [0.1, 0.15) is 361 Å². The molecule has 0 N–H and O–H groups in total. The normalized spacial score (nSPS) is 12.2. The fraction of sp³-hybridized carbons (Fsp3) is 0.868. The number of unbranched alkanes of at least 4 members (excludes halogenated alkanes) is 44. The third-order valence-corrected chi connectivity index (χ3v) is 14.9. The molecule has 0 fully saturated rings. The number of allylic oxidation sites excluding steroid dienone is 6. The number of carbonyl (C=O) groups is 3. The van der Waals surface area contributed by atoms with Crippen molar-refractivity contribution in [2.75, 3.05) is 13.2 Å². The van der Waals surface area contributed by atoms with Crippen LogP contribution in [0, 0.1) is 0 Å². The minimum absolute atomic E-state index is 0.0729. The molecular weight excluding hydrogens is 913 g/mol. The first kappa shape index (κ1) is 71.6. The van der Waals surface area contributed by atoms with Crippen LogP contribution in [-0.4, -0.2) is 37.2 Å². The van der Waals surface area contributed by atoms with Gasteiger partial charge in [-0.15, -0.1) is 0 Å². The van der Waals surface area contributed by atoms with E-state index in [1.54, 1.807) is 0 Å². The topological polar surface area (TPSA) is 78.9 Å². The molecule has 0 aliphatic rings. The summed E-state index contributed by atoms with van der Waals surface area (Å²) in [6.07, 6.45) is 78.1. The van der Waals surface area contributed by atoms with Gasteiger partial charge in [-0.25, -0.2) is 0 Å². The van der Waals surface area contributed by atoms with E-state index in [2.05, 4.69) is 57.2 Å². The average molecular weight is 1040 g/mol. The molecule has 0 saturated heterocycles. The number of hydrogen-bond donors (Lipinski definition) is 0. The summed E-state index contributed by atoms with van der Waals surface area (Å²) in [4.78, 5) is 37.9. The van der Waals surface area contributed by atoms with Gasteiger partial charge < -0.3 is 14.2 Å². The number of rotatable bonds is 61. The molecule has 0 heterocycles. The predicted molar refractivity (Wildman–Crippen MR) is 321 cm³/mol. The van der Waals surface area contributed by atoms with Gasteiger partial charge in [-0.2, -0.15) is 0 Å². The maximum Gasteiger partial charge on any atom is 0.306 e. The highest BCUT2D eigenvalue weighted by atomic mass is 16.6. The molecule has 0 bridgehead atoms. The molecule has 0 saturated carbocycles. The first-order valence-electron chi connectivity index (χ1n) is 33.0. The van der Waals surface area contributed by atoms with Gasteiger partial charge >= 0.3 is 17.9 Å². The smallest absolute Gasteiger partial charge is 0.306 e. The molecule has 0 spiro atoms. The minimum Gasteiger partial charge on any atom is -0.462 e. The molecule has 434 valence electrons. The van der Waals surface area contributed by atoms with Crippen LogP contribution in [0.15, 0.2) is 36.5 Å². The molecule has 0 aromatic carbocycles. The highest BCUT2D eigenvalue weighted by Crippen LogP contribution is 2.18. The Kier molecular flexibility index (Phi) is 61.1. The summed E-state index contributed by atoms with van der Waals surface area (Å²) in [5.41, 5.74) is 0. The third-order valence-electron chi connectivity index (χ3n) is 14.9. The Hall–Kier alpha value is -2.37. The molecule has 0 amide bonds. The Bertz CT molecular complexity index is 1240. The Labute approximate surface area is 461 Å². The van der Waals surface area contributed by atoms with Crippen molar-refractivity contribution in [1.82, 2.24) is 0 Å². The first-order valence-corrected chi connectivity index (χ1v) is 33.0. The molecule has 1 unspecified atom stereocenters. The Balaban J connectivity index is 3.86. The summed E-state index contributed by atoms with van der Waals surface area (Å²) >= 11 is 0. The zero-order valence-corrected chi connectivity index (χ0v) is 49.9. The zero-order chi connectivity index (χ0) is 53.6. The Morgan fingerprint density at radius 2 is 0.527 bits per heavy atom. The molecule has 0 rings (SSSR count). The lowest BCUT2D eigenvalue weighted by atomic mass is 10.0. The van der Waals surface area contributed by atoms with Crippen molar-refractivity contribution in [2.45, 2.75) is 367 Å². The van der Waals surface area contributed by atoms with Crippen molar-refractivity contribution >= 4 is 17.9 Å². The van der Waals surface area contributed by atoms with Crippen LogP contribution in [0.2, 0.25) is 0 Å². The quantitative estimate of drug-likeness (QED) is 0.0261. The Morgan fingerprint density at radius 1 is 0.284 bits per heavy atom. The highest BCUT2D eigenvalue weighted by Gasteiger charge is 2.19. The van der Waals surface area contributed by atoms with Gasteiger partial charge in [0.1, 0.15) is 13.2 Å². The molecule has 6 heteroatoms. The predicted octanol–water partition coefficient (Wildman–Crippen LogP) is 22.4. The molecular formula is C68H126O6. The SMILES string of the molecule is CC/C=C\C/C=C\C/C=C\CCCCCCCCCC(=O)OC(COC(=O)CCCCCCC)COC(=O)CCCCCCCCCCCCCCCCCCCCCCCCCCCCCCCCCCCC. The summed E-state index contributed by atoms with van der Waals surface area (Å²) in [6.45, 7) is 6.49. The number of hydrogen-bond acceptors (Lipinski definition) is 6. The van der Waals surface area contributed by atoms with Gasteiger partial charge in [-0.05, 0) is 51.4 Å². The van der Waals surface area contributed by atoms with Gasteiger partial charge in [-0.3, -0.25) is 14.4 Å². The van der Waals surface area contributed by atoms with Crippen LogP contribution in [0.3, 0.4) is 0 Å². The molecule has 74 heavy (non-hydrogen) atoms. The number of ether oxygens (including phenoxy) is 3. The zero-order valence-electron chi connectivity index (χ0n) is 49.9. The largest absolute Gasteiger partial charge is 0.462 e. The second kappa shape index (κ2) is 63.2.